The van der Waals surface area contributed by atoms with E-state index in [0.717, 1.165) is 6.07 Å². The molecule has 0 fully saturated rings. The van der Waals surface area contributed by atoms with Crippen LogP contribution >= 0.6 is 0 Å². The van der Waals surface area contributed by atoms with Crippen LogP contribution in [0.5, 0.6) is 5.88 Å². The second kappa shape index (κ2) is 10.7. The molecule has 1 unspecified atom stereocenters. The molecule has 0 aliphatic carbocycles. The first-order chi connectivity index (χ1) is 14.5. The zero-order valence-corrected chi connectivity index (χ0v) is 18.4. The predicted molar refractivity (Wildman–Crippen MR) is 110 cm³/mol. The molecule has 2 aromatic heterocycles. The van der Waals surface area contributed by atoms with Gasteiger partial charge in [0.1, 0.15) is 0 Å². The highest BCUT2D eigenvalue weighted by Crippen LogP contribution is 2.35. The molecule has 0 spiro atoms. The van der Waals surface area contributed by atoms with E-state index in [1.54, 1.807) is 26.0 Å². The molecular formula is C21H27F5N4O2. The van der Waals surface area contributed by atoms with Gasteiger partial charge in [0, 0.05) is 35.3 Å². The maximum atomic E-state index is 12.8. The number of hydrogen-bond donors (Lipinski definition) is 2. The second-order valence-corrected chi connectivity index (χ2v) is 8.17. The number of hydrogen-bond acceptors (Lipinski definition) is 5. The number of nitrogens with two attached hydrogens (primary N) is 1. The molecule has 0 saturated heterocycles. The zero-order valence-electron chi connectivity index (χ0n) is 18.4. The van der Waals surface area contributed by atoms with E-state index < -0.39 is 24.7 Å². The molecule has 1 amide bonds. The van der Waals surface area contributed by atoms with Crippen LogP contribution in [0.2, 0.25) is 0 Å². The number of pyridine rings is 2. The molecule has 2 aromatic rings. The van der Waals surface area contributed by atoms with Gasteiger partial charge < -0.3 is 15.8 Å². The van der Waals surface area contributed by atoms with Crippen LogP contribution in [-0.2, 0) is 0 Å². The fourth-order valence-corrected chi connectivity index (χ4v) is 2.03. The number of carbonyl (C=O) groups is 1. The minimum absolute atomic E-state index is 0. The molecule has 0 aliphatic heterocycles. The first-order valence-corrected chi connectivity index (χ1v) is 9.55. The van der Waals surface area contributed by atoms with Crippen molar-refractivity contribution in [2.45, 2.75) is 58.3 Å². The number of alkyl halides is 5. The van der Waals surface area contributed by atoms with Crippen LogP contribution in [0.15, 0.2) is 36.7 Å². The summed E-state index contributed by atoms with van der Waals surface area (Å²) in [5.41, 5.74) is 6.96. The van der Waals surface area contributed by atoms with Gasteiger partial charge in [-0.1, -0.05) is 6.07 Å². The van der Waals surface area contributed by atoms with Crippen molar-refractivity contribution in [2.75, 3.05) is 6.61 Å². The molecular weight excluding hydrogens is 435 g/mol. The maximum Gasteiger partial charge on any atom is 0.456 e. The van der Waals surface area contributed by atoms with E-state index in [1.165, 1.54) is 18.5 Å². The molecule has 2 rings (SSSR count). The van der Waals surface area contributed by atoms with Crippen LogP contribution in [0.25, 0.3) is 0 Å². The summed E-state index contributed by atoms with van der Waals surface area (Å²) in [7, 11) is 0. The number of aromatic nitrogens is 2. The summed E-state index contributed by atoms with van der Waals surface area (Å²) in [4.78, 5) is 19.9. The first kappa shape index (κ1) is 27.2. The minimum Gasteiger partial charge on any atom is -0.471 e. The third-order valence-corrected chi connectivity index (χ3v) is 3.58. The Bertz CT molecular complexity index is 875. The number of rotatable bonds is 6. The molecule has 2 heterocycles. The quantitative estimate of drug-likeness (QED) is 0.613. The molecule has 0 radical (unpaired) electrons. The van der Waals surface area contributed by atoms with Crippen molar-refractivity contribution in [1.82, 2.24) is 15.3 Å². The van der Waals surface area contributed by atoms with E-state index in [9.17, 15) is 26.7 Å². The molecule has 178 valence electrons. The van der Waals surface area contributed by atoms with Crippen molar-refractivity contribution in [3.05, 3.63) is 53.5 Å². The monoisotopic (exact) mass is 462 g/mol. The van der Waals surface area contributed by atoms with E-state index in [1.807, 2.05) is 20.8 Å². The van der Waals surface area contributed by atoms with Crippen molar-refractivity contribution in [2.24, 2.45) is 5.73 Å². The van der Waals surface area contributed by atoms with Crippen LogP contribution in [0.3, 0.4) is 0 Å². The van der Waals surface area contributed by atoms with Gasteiger partial charge in [-0.25, -0.2) is 4.98 Å². The first-order valence-electron chi connectivity index (χ1n) is 9.55. The van der Waals surface area contributed by atoms with Crippen molar-refractivity contribution >= 4 is 5.91 Å². The molecule has 1 atom stereocenters. The molecule has 6 nitrogen and oxygen atoms in total. The Labute approximate surface area is 183 Å². The lowest BCUT2D eigenvalue weighted by Gasteiger charge is -2.19. The predicted octanol–water partition coefficient (Wildman–Crippen LogP) is 4.60. The molecule has 0 aromatic carbocycles. The average molecular weight is 462 g/mol. The van der Waals surface area contributed by atoms with Gasteiger partial charge >= 0.3 is 12.1 Å². The van der Waals surface area contributed by atoms with Crippen LogP contribution in [-0.4, -0.2) is 40.1 Å². The number of halogens is 5. The zero-order chi connectivity index (χ0) is 24.7. The molecule has 32 heavy (non-hydrogen) atoms. The van der Waals surface area contributed by atoms with Gasteiger partial charge in [-0.05, 0) is 52.3 Å². The standard InChI is InChI=1S/C17H16F5N3O2.C4H11N/c1-10-7-12(5-6-23-10)15(26)25-11(2)13-3-4-14(24-8-13)27-9-16(18,19)17(20,21)22;1-4(2,3)5/h3-8,11H,9H2,1-2H3,(H,25,26);5H2,1-3H3. The van der Waals surface area contributed by atoms with E-state index >= 15 is 0 Å². The number of carbonyl (C=O) groups excluding carboxylic acids is 1. The van der Waals surface area contributed by atoms with E-state index in [0.29, 0.717) is 16.8 Å². The van der Waals surface area contributed by atoms with Crippen molar-refractivity contribution in [3.8, 4) is 5.88 Å². The highest BCUT2D eigenvalue weighted by atomic mass is 19.4. The van der Waals surface area contributed by atoms with Crippen LogP contribution in [0.1, 0.15) is 55.4 Å². The summed E-state index contributed by atoms with van der Waals surface area (Å²) in [6.07, 6.45) is -2.97. The number of amides is 1. The topological polar surface area (TPSA) is 90.1 Å². The molecule has 0 aliphatic rings. The second-order valence-electron chi connectivity index (χ2n) is 8.17. The van der Waals surface area contributed by atoms with E-state index in [4.69, 9.17) is 5.73 Å². The number of nitrogens with zero attached hydrogens (tertiary/aromatic N) is 2. The SMILES string of the molecule is CC(C)(C)N.Cc1cc(C(=O)NC(C)c2ccc(OCC(F)(F)C(F)(F)F)nc2)ccn1. The van der Waals surface area contributed by atoms with Gasteiger partial charge in [0.2, 0.25) is 5.88 Å². The van der Waals surface area contributed by atoms with Crippen LogP contribution in [0.4, 0.5) is 22.0 Å². The van der Waals surface area contributed by atoms with Crippen molar-refractivity contribution < 1.29 is 31.5 Å². The van der Waals surface area contributed by atoms with Crippen LogP contribution in [0, 0.1) is 6.92 Å². The minimum atomic E-state index is -5.70. The Morgan fingerprint density at radius 2 is 1.72 bits per heavy atom. The summed E-state index contributed by atoms with van der Waals surface area (Å²) < 4.78 is 66.4. The third kappa shape index (κ3) is 9.54. The summed E-state index contributed by atoms with van der Waals surface area (Å²) in [5.74, 6) is -5.71. The normalized spacial score (nSPS) is 13.0. The van der Waals surface area contributed by atoms with E-state index in [-0.39, 0.29) is 17.3 Å². The fourth-order valence-electron chi connectivity index (χ4n) is 2.03. The van der Waals surface area contributed by atoms with Gasteiger partial charge in [0.25, 0.3) is 5.91 Å². The lowest BCUT2D eigenvalue weighted by Crippen LogP contribution is -2.41. The number of ether oxygens (including phenoxy) is 1. The molecule has 3 N–H and O–H groups in total. The Morgan fingerprint density at radius 1 is 1.12 bits per heavy atom. The average Bonchev–Trinajstić information content (AvgIpc) is 2.64. The highest BCUT2D eigenvalue weighted by molar-refractivity contribution is 5.94. The molecule has 0 saturated carbocycles. The number of nitrogens with one attached hydrogen (secondary N) is 1. The smallest absolute Gasteiger partial charge is 0.456 e. The van der Waals surface area contributed by atoms with E-state index in [2.05, 4.69) is 20.0 Å². The fraction of sp³-hybridized carbons (Fsp3) is 0.476. The Kier molecular flexibility index (Phi) is 9.07. The summed E-state index contributed by atoms with van der Waals surface area (Å²) in [6, 6.07) is 5.24. The molecule has 0 bridgehead atoms. The van der Waals surface area contributed by atoms with Gasteiger partial charge in [-0.3, -0.25) is 9.78 Å². The number of aryl methyl sites for hydroxylation is 1. The van der Waals surface area contributed by atoms with Gasteiger partial charge in [0.05, 0.1) is 6.04 Å². The summed E-state index contributed by atoms with van der Waals surface area (Å²) in [6.45, 7) is 7.44. The van der Waals surface area contributed by atoms with Crippen molar-refractivity contribution in [1.29, 1.82) is 0 Å². The van der Waals surface area contributed by atoms with Crippen LogP contribution < -0.4 is 15.8 Å². The molecule has 11 heteroatoms. The highest BCUT2D eigenvalue weighted by Gasteiger charge is 2.58. The lowest BCUT2D eigenvalue weighted by molar-refractivity contribution is -0.290. The lowest BCUT2D eigenvalue weighted by atomic mass is 10.1. The Morgan fingerprint density at radius 3 is 2.19 bits per heavy atom. The van der Waals surface area contributed by atoms with Crippen molar-refractivity contribution in [3.63, 3.8) is 0 Å². The summed E-state index contributed by atoms with van der Waals surface area (Å²) >= 11 is 0. The Balaban J connectivity index is 0.000000920. The Hall–Kier alpha value is -2.82. The maximum absolute atomic E-state index is 12.8. The van der Waals surface area contributed by atoms with Gasteiger partial charge in [0.15, 0.2) is 6.61 Å². The largest absolute Gasteiger partial charge is 0.471 e. The van der Waals surface area contributed by atoms with Gasteiger partial charge in [-0.2, -0.15) is 22.0 Å². The third-order valence-electron chi connectivity index (χ3n) is 3.58. The van der Waals surface area contributed by atoms with Gasteiger partial charge in [-0.15, -0.1) is 0 Å². The summed E-state index contributed by atoms with van der Waals surface area (Å²) in [5, 5.41) is 2.72.